The SMILES string of the molecule is CCOc1c(Cl)cc(CNC(=O)NCCCN2CCN(c3ncccn3)CC2)cc1OC. The van der Waals surface area contributed by atoms with Crippen LogP contribution in [0.3, 0.4) is 0 Å². The summed E-state index contributed by atoms with van der Waals surface area (Å²) in [6.07, 6.45) is 4.43. The summed E-state index contributed by atoms with van der Waals surface area (Å²) in [5, 5.41) is 6.22. The van der Waals surface area contributed by atoms with Crippen molar-refractivity contribution in [2.75, 3.05) is 57.9 Å². The van der Waals surface area contributed by atoms with E-state index in [-0.39, 0.29) is 6.03 Å². The summed E-state index contributed by atoms with van der Waals surface area (Å²) < 4.78 is 10.9. The molecular weight excluding hydrogens is 432 g/mol. The van der Waals surface area contributed by atoms with Gasteiger partial charge in [-0.05, 0) is 43.7 Å². The maximum atomic E-state index is 12.1. The summed E-state index contributed by atoms with van der Waals surface area (Å²) in [6.45, 7) is 8.02. The van der Waals surface area contributed by atoms with E-state index >= 15 is 0 Å². The van der Waals surface area contributed by atoms with Crippen LogP contribution in [0.25, 0.3) is 0 Å². The Bertz CT molecular complexity index is 862. The lowest BCUT2D eigenvalue weighted by Crippen LogP contribution is -2.47. The second-order valence-electron chi connectivity index (χ2n) is 7.38. The first kappa shape index (κ1) is 23.9. The van der Waals surface area contributed by atoms with Crippen molar-refractivity contribution >= 4 is 23.6 Å². The number of anilines is 1. The highest BCUT2D eigenvalue weighted by Crippen LogP contribution is 2.36. The van der Waals surface area contributed by atoms with Gasteiger partial charge in [-0.1, -0.05) is 11.6 Å². The molecular formula is C22H31ClN6O3. The zero-order chi connectivity index (χ0) is 22.8. The van der Waals surface area contributed by atoms with E-state index in [2.05, 4.69) is 30.4 Å². The number of nitrogens with one attached hydrogen (secondary N) is 2. The summed E-state index contributed by atoms with van der Waals surface area (Å²) in [5.41, 5.74) is 0.839. The van der Waals surface area contributed by atoms with E-state index in [0.717, 1.165) is 50.7 Å². The molecule has 1 aliphatic rings. The molecule has 1 aliphatic heterocycles. The van der Waals surface area contributed by atoms with Crippen molar-refractivity contribution in [3.8, 4) is 11.5 Å². The maximum Gasteiger partial charge on any atom is 0.315 e. The monoisotopic (exact) mass is 462 g/mol. The molecule has 0 spiro atoms. The topological polar surface area (TPSA) is 91.9 Å². The van der Waals surface area contributed by atoms with Gasteiger partial charge in [0.25, 0.3) is 0 Å². The lowest BCUT2D eigenvalue weighted by molar-refractivity contribution is 0.235. The minimum Gasteiger partial charge on any atom is -0.493 e. The van der Waals surface area contributed by atoms with Crippen LogP contribution in [0.5, 0.6) is 11.5 Å². The highest BCUT2D eigenvalue weighted by atomic mass is 35.5. The average Bonchev–Trinajstić information content (AvgIpc) is 2.83. The van der Waals surface area contributed by atoms with Crippen LogP contribution in [0.4, 0.5) is 10.7 Å². The molecule has 0 saturated carbocycles. The number of hydrogen-bond donors (Lipinski definition) is 2. The molecule has 2 aromatic rings. The van der Waals surface area contributed by atoms with Crippen molar-refractivity contribution in [3.63, 3.8) is 0 Å². The minimum absolute atomic E-state index is 0.208. The number of ether oxygens (including phenoxy) is 2. The van der Waals surface area contributed by atoms with Crippen LogP contribution in [0.2, 0.25) is 5.02 Å². The third-order valence-electron chi connectivity index (χ3n) is 5.17. The predicted octanol–water partition coefficient (Wildman–Crippen LogP) is 2.55. The number of halogens is 1. The van der Waals surface area contributed by atoms with Gasteiger partial charge in [0.2, 0.25) is 5.95 Å². The molecule has 174 valence electrons. The van der Waals surface area contributed by atoms with E-state index in [0.29, 0.717) is 36.2 Å². The van der Waals surface area contributed by atoms with E-state index in [4.69, 9.17) is 21.1 Å². The standard InChI is InChI=1S/C22H31ClN6O3/c1-3-32-20-18(23)14-17(15-19(20)31-2)16-27-22(30)26-8-5-9-28-10-12-29(13-11-28)21-24-6-4-7-25-21/h4,6-7,14-15H,3,5,8-13,16H2,1-2H3,(H2,26,27,30). The second kappa shape index (κ2) is 12.3. The first-order valence-electron chi connectivity index (χ1n) is 10.9. The van der Waals surface area contributed by atoms with Crippen LogP contribution in [0.15, 0.2) is 30.6 Å². The Hall–Kier alpha value is -2.78. The number of amides is 2. The highest BCUT2D eigenvalue weighted by molar-refractivity contribution is 6.32. The summed E-state index contributed by atoms with van der Waals surface area (Å²) in [6, 6.07) is 5.21. The Morgan fingerprint density at radius 2 is 1.91 bits per heavy atom. The summed E-state index contributed by atoms with van der Waals surface area (Å²) in [7, 11) is 1.56. The molecule has 1 fully saturated rings. The van der Waals surface area contributed by atoms with Crippen molar-refractivity contribution < 1.29 is 14.3 Å². The Morgan fingerprint density at radius 1 is 1.16 bits per heavy atom. The molecule has 1 aromatic heterocycles. The van der Waals surface area contributed by atoms with Gasteiger partial charge in [0.1, 0.15) is 0 Å². The fourth-order valence-electron chi connectivity index (χ4n) is 3.54. The summed E-state index contributed by atoms with van der Waals surface area (Å²) in [5.74, 6) is 1.86. The Labute approximate surface area is 194 Å². The third-order valence-corrected chi connectivity index (χ3v) is 5.46. The summed E-state index contributed by atoms with van der Waals surface area (Å²) >= 11 is 6.28. The van der Waals surface area contributed by atoms with Crippen molar-refractivity contribution in [1.29, 1.82) is 0 Å². The molecule has 2 N–H and O–H groups in total. The number of urea groups is 1. The Morgan fingerprint density at radius 3 is 2.59 bits per heavy atom. The number of piperazine rings is 1. The van der Waals surface area contributed by atoms with Gasteiger partial charge in [-0.25, -0.2) is 14.8 Å². The number of rotatable bonds is 10. The minimum atomic E-state index is -0.208. The molecule has 3 rings (SSSR count). The van der Waals surface area contributed by atoms with Crippen LogP contribution in [0, 0.1) is 0 Å². The number of benzene rings is 1. The second-order valence-corrected chi connectivity index (χ2v) is 7.79. The first-order chi connectivity index (χ1) is 15.6. The van der Waals surface area contributed by atoms with Crippen LogP contribution >= 0.6 is 11.6 Å². The molecule has 1 aromatic carbocycles. The summed E-state index contributed by atoms with van der Waals surface area (Å²) in [4.78, 5) is 25.3. The number of hydrogen-bond acceptors (Lipinski definition) is 7. The number of carbonyl (C=O) groups is 1. The van der Waals surface area contributed by atoms with Gasteiger partial charge in [0.15, 0.2) is 11.5 Å². The number of aromatic nitrogens is 2. The zero-order valence-electron chi connectivity index (χ0n) is 18.6. The molecule has 9 nitrogen and oxygen atoms in total. The average molecular weight is 463 g/mol. The van der Waals surface area contributed by atoms with Gasteiger partial charge in [-0.2, -0.15) is 0 Å². The molecule has 0 atom stereocenters. The molecule has 32 heavy (non-hydrogen) atoms. The zero-order valence-corrected chi connectivity index (χ0v) is 19.4. The van der Waals surface area contributed by atoms with Gasteiger partial charge in [-0.3, -0.25) is 4.90 Å². The van der Waals surface area contributed by atoms with E-state index < -0.39 is 0 Å². The van der Waals surface area contributed by atoms with Gasteiger partial charge in [-0.15, -0.1) is 0 Å². The van der Waals surface area contributed by atoms with Crippen LogP contribution in [0.1, 0.15) is 18.9 Å². The van der Waals surface area contributed by atoms with Crippen molar-refractivity contribution in [2.45, 2.75) is 19.9 Å². The third kappa shape index (κ3) is 6.86. The van der Waals surface area contributed by atoms with Gasteiger partial charge < -0.3 is 25.0 Å². The van der Waals surface area contributed by atoms with Gasteiger partial charge in [0.05, 0.1) is 18.7 Å². The molecule has 1 saturated heterocycles. The van der Waals surface area contributed by atoms with E-state index in [9.17, 15) is 4.79 Å². The fourth-order valence-corrected chi connectivity index (χ4v) is 3.82. The first-order valence-corrected chi connectivity index (χ1v) is 11.2. The van der Waals surface area contributed by atoms with Gasteiger partial charge >= 0.3 is 6.03 Å². The highest BCUT2D eigenvalue weighted by Gasteiger charge is 2.18. The van der Waals surface area contributed by atoms with Crippen molar-refractivity contribution in [2.24, 2.45) is 0 Å². The molecule has 0 unspecified atom stereocenters. The number of nitrogens with zero attached hydrogens (tertiary/aromatic N) is 4. The smallest absolute Gasteiger partial charge is 0.315 e. The molecule has 10 heteroatoms. The molecule has 2 amide bonds. The van der Waals surface area contributed by atoms with E-state index in [1.54, 1.807) is 25.6 Å². The Kier molecular flexibility index (Phi) is 9.18. The van der Waals surface area contributed by atoms with Gasteiger partial charge in [0, 0.05) is 51.7 Å². The fraction of sp³-hybridized carbons (Fsp3) is 0.500. The maximum absolute atomic E-state index is 12.1. The molecule has 0 radical (unpaired) electrons. The van der Waals surface area contributed by atoms with Crippen LogP contribution in [-0.4, -0.2) is 73.9 Å². The van der Waals surface area contributed by atoms with Crippen LogP contribution in [-0.2, 0) is 6.54 Å². The lowest BCUT2D eigenvalue weighted by atomic mass is 10.2. The predicted molar refractivity (Wildman–Crippen MR) is 125 cm³/mol. The lowest BCUT2D eigenvalue weighted by Gasteiger charge is -2.34. The van der Waals surface area contributed by atoms with Crippen LogP contribution < -0.4 is 25.0 Å². The van der Waals surface area contributed by atoms with E-state index in [1.165, 1.54) is 0 Å². The normalized spacial score (nSPS) is 14.2. The van der Waals surface area contributed by atoms with Crippen molar-refractivity contribution in [1.82, 2.24) is 25.5 Å². The Balaban J connectivity index is 1.33. The largest absolute Gasteiger partial charge is 0.493 e. The quantitative estimate of drug-likeness (QED) is 0.524. The van der Waals surface area contributed by atoms with Crippen molar-refractivity contribution in [3.05, 3.63) is 41.2 Å². The molecule has 2 heterocycles. The molecule has 0 aliphatic carbocycles. The number of carbonyl (C=O) groups excluding carboxylic acids is 1. The molecule has 0 bridgehead atoms. The number of methoxy groups -OCH3 is 1. The van der Waals surface area contributed by atoms with E-state index in [1.807, 2.05) is 19.1 Å².